The van der Waals surface area contributed by atoms with Crippen molar-refractivity contribution in [1.82, 2.24) is 0 Å². The average molecular weight is 220 g/mol. The third kappa shape index (κ3) is 0.356. The molecule has 4 heteroatoms. The van der Waals surface area contributed by atoms with Crippen LogP contribution in [-0.2, 0) is 9.59 Å². The Kier molecular flexibility index (Phi) is 0.865. The molecule has 6 aliphatic rings. The normalized spacial score (nSPS) is 70.2. The number of carboxylic acid groups (broad SMARTS) is 2. The van der Waals surface area contributed by atoms with Gasteiger partial charge in [0.15, 0.2) is 0 Å². The maximum absolute atomic E-state index is 11.5. The second kappa shape index (κ2) is 1.71. The number of rotatable bonds is 2. The molecule has 8 atom stereocenters. The second-order valence-electron chi connectivity index (χ2n) is 6.38. The van der Waals surface area contributed by atoms with Gasteiger partial charge in [-0.3, -0.25) is 9.59 Å². The lowest BCUT2D eigenvalue weighted by atomic mass is 9.01. The van der Waals surface area contributed by atoms with Crippen LogP contribution in [0.3, 0.4) is 0 Å². The summed E-state index contributed by atoms with van der Waals surface area (Å²) in [5.41, 5.74) is -1.18. The van der Waals surface area contributed by atoms with Crippen LogP contribution in [0.4, 0.5) is 0 Å². The van der Waals surface area contributed by atoms with E-state index in [4.69, 9.17) is 0 Å². The first-order valence-electron chi connectivity index (χ1n) is 6.07. The molecule has 6 aliphatic carbocycles. The minimum Gasteiger partial charge on any atom is -0.481 e. The first kappa shape index (κ1) is 8.09. The molecule has 0 unspecified atom stereocenters. The zero-order valence-electron chi connectivity index (χ0n) is 8.59. The molecule has 4 nitrogen and oxygen atoms in total. The Hall–Kier alpha value is -1.06. The molecule has 0 aromatic rings. The van der Waals surface area contributed by atoms with E-state index in [1.54, 1.807) is 0 Å². The topological polar surface area (TPSA) is 74.6 Å². The highest BCUT2D eigenvalue weighted by Gasteiger charge is 3.05. The summed E-state index contributed by atoms with van der Waals surface area (Å²) in [6, 6.07) is 0. The fourth-order valence-electron chi connectivity index (χ4n) is 7.10. The Morgan fingerprint density at radius 3 is 2.25 bits per heavy atom. The van der Waals surface area contributed by atoms with Crippen LogP contribution < -0.4 is 0 Å². The van der Waals surface area contributed by atoms with Crippen LogP contribution in [0.25, 0.3) is 0 Å². The fraction of sp³-hybridized carbons (Fsp3) is 0.833. The van der Waals surface area contributed by atoms with Crippen LogP contribution in [0.1, 0.15) is 12.8 Å². The van der Waals surface area contributed by atoms with Crippen LogP contribution >= 0.6 is 0 Å². The van der Waals surface area contributed by atoms with Gasteiger partial charge in [-0.05, 0) is 48.3 Å². The van der Waals surface area contributed by atoms with Gasteiger partial charge in [0, 0.05) is 0 Å². The molecule has 0 aromatic carbocycles. The molecule has 0 spiro atoms. The summed E-state index contributed by atoms with van der Waals surface area (Å²) in [4.78, 5) is 22.9. The van der Waals surface area contributed by atoms with Crippen molar-refractivity contribution in [1.29, 1.82) is 0 Å². The van der Waals surface area contributed by atoms with Crippen molar-refractivity contribution in [2.45, 2.75) is 12.8 Å². The van der Waals surface area contributed by atoms with Gasteiger partial charge in [0.2, 0.25) is 0 Å². The van der Waals surface area contributed by atoms with Crippen LogP contribution in [0.2, 0.25) is 0 Å². The predicted octanol–water partition coefficient (Wildman–Crippen LogP) is 0.674. The highest BCUT2D eigenvalue weighted by atomic mass is 16.4. The SMILES string of the molecule is O=C(O)[C@@]12[C@@H]3[C@@H]4CC[C@H]5[C@H]3[C@H]1[C@@]5(C(=O)O)[C@@H]42. The summed E-state index contributed by atoms with van der Waals surface area (Å²) >= 11 is 0. The summed E-state index contributed by atoms with van der Waals surface area (Å²) in [6.45, 7) is 0. The van der Waals surface area contributed by atoms with Crippen LogP contribution in [0.5, 0.6) is 0 Å². The minimum absolute atomic E-state index is 0.00782. The van der Waals surface area contributed by atoms with Gasteiger partial charge in [0.05, 0.1) is 10.8 Å². The van der Waals surface area contributed by atoms with Gasteiger partial charge in [0.25, 0.3) is 0 Å². The summed E-state index contributed by atoms with van der Waals surface area (Å²) in [5, 5.41) is 18.9. The van der Waals surface area contributed by atoms with E-state index >= 15 is 0 Å². The van der Waals surface area contributed by atoms with Gasteiger partial charge in [0.1, 0.15) is 0 Å². The summed E-state index contributed by atoms with van der Waals surface area (Å²) in [6.07, 6.45) is 2.11. The van der Waals surface area contributed by atoms with E-state index < -0.39 is 22.8 Å². The van der Waals surface area contributed by atoms with E-state index in [1.165, 1.54) is 0 Å². The highest BCUT2D eigenvalue weighted by molar-refractivity contribution is 5.93. The number of aliphatic carboxylic acids is 2. The van der Waals surface area contributed by atoms with E-state index in [9.17, 15) is 19.8 Å². The van der Waals surface area contributed by atoms with Crippen molar-refractivity contribution in [3.8, 4) is 0 Å². The highest BCUT2D eigenvalue weighted by Crippen LogP contribution is 3.01. The summed E-state index contributed by atoms with van der Waals surface area (Å²) in [7, 11) is 0. The van der Waals surface area contributed by atoms with E-state index in [-0.39, 0.29) is 11.8 Å². The minimum atomic E-state index is -0.711. The lowest BCUT2D eigenvalue weighted by Gasteiger charge is -2.99. The number of hydrogen-bond acceptors (Lipinski definition) is 2. The van der Waals surface area contributed by atoms with Crippen LogP contribution in [-0.4, -0.2) is 22.2 Å². The molecule has 0 saturated heterocycles. The van der Waals surface area contributed by atoms with E-state index in [0.717, 1.165) is 12.8 Å². The van der Waals surface area contributed by atoms with Gasteiger partial charge >= 0.3 is 11.9 Å². The first-order valence-corrected chi connectivity index (χ1v) is 6.07. The smallest absolute Gasteiger partial charge is 0.310 e. The molecule has 0 radical (unpaired) electrons. The number of fused-ring (bicyclic) bond motifs is 1. The van der Waals surface area contributed by atoms with Crippen molar-refractivity contribution < 1.29 is 19.8 Å². The quantitative estimate of drug-likeness (QED) is 0.717. The molecule has 6 rings (SSSR count). The number of hydrogen-bond donors (Lipinski definition) is 2. The molecule has 0 heterocycles. The third-order valence-electron chi connectivity index (χ3n) is 6.93. The lowest BCUT2D eigenvalue weighted by Crippen LogP contribution is -3.02. The van der Waals surface area contributed by atoms with Crippen LogP contribution in [0, 0.1) is 46.3 Å². The maximum atomic E-state index is 11.5. The molecule has 2 bridgehead atoms. The van der Waals surface area contributed by atoms with Gasteiger partial charge in [-0.2, -0.15) is 0 Å². The Bertz CT molecular complexity index is 481. The molecule has 16 heavy (non-hydrogen) atoms. The molecule has 2 N–H and O–H groups in total. The zero-order valence-corrected chi connectivity index (χ0v) is 8.59. The van der Waals surface area contributed by atoms with Crippen molar-refractivity contribution in [2.75, 3.05) is 0 Å². The standard InChI is InChI=1S/C12H12O4/c13-9(14)11-4-2-1-3-6-5(4)8(11)12(6,7(3)11)10(15)16/h3-8H,1-2H2,(H,13,14)(H,15,16)/t3-,4-,5+,6+,7+,8-,11-,12+/m0/s1. The maximum Gasteiger partial charge on any atom is 0.310 e. The average Bonchev–Trinajstić information content (AvgIpc) is 2.14. The molecule has 0 amide bonds. The zero-order chi connectivity index (χ0) is 11.0. The molecule has 6 fully saturated rings. The van der Waals surface area contributed by atoms with E-state index in [0.29, 0.717) is 23.7 Å². The van der Waals surface area contributed by atoms with Gasteiger partial charge in [-0.25, -0.2) is 0 Å². The van der Waals surface area contributed by atoms with Gasteiger partial charge in [-0.15, -0.1) is 0 Å². The fourth-order valence-corrected chi connectivity index (χ4v) is 7.10. The van der Waals surface area contributed by atoms with Crippen molar-refractivity contribution in [3.05, 3.63) is 0 Å². The van der Waals surface area contributed by atoms with E-state index in [2.05, 4.69) is 0 Å². The molecule has 6 saturated carbocycles. The monoisotopic (exact) mass is 220 g/mol. The predicted molar refractivity (Wildman–Crippen MR) is 50.3 cm³/mol. The lowest BCUT2D eigenvalue weighted by molar-refractivity contribution is -0.532. The Balaban J connectivity index is 1.73. The second-order valence-corrected chi connectivity index (χ2v) is 6.38. The molecule has 84 valence electrons. The van der Waals surface area contributed by atoms with Gasteiger partial charge in [-0.1, -0.05) is 0 Å². The third-order valence-corrected chi connectivity index (χ3v) is 6.93. The van der Waals surface area contributed by atoms with Crippen LogP contribution in [0.15, 0.2) is 0 Å². The molecule has 0 aromatic heterocycles. The van der Waals surface area contributed by atoms with Crippen molar-refractivity contribution >= 4 is 11.9 Å². The van der Waals surface area contributed by atoms with E-state index in [1.807, 2.05) is 0 Å². The van der Waals surface area contributed by atoms with Crippen molar-refractivity contribution in [2.24, 2.45) is 46.3 Å². The molecule has 0 aliphatic heterocycles. The number of carbonyl (C=O) groups is 2. The first-order chi connectivity index (χ1) is 7.60. The summed E-state index contributed by atoms with van der Waals surface area (Å²) < 4.78 is 0. The molecular formula is C12H12O4. The molecular weight excluding hydrogens is 208 g/mol. The Labute approximate surface area is 91.6 Å². The van der Waals surface area contributed by atoms with Gasteiger partial charge < -0.3 is 10.2 Å². The Morgan fingerprint density at radius 2 is 1.69 bits per heavy atom. The summed E-state index contributed by atoms with van der Waals surface area (Å²) in [5.74, 6) is 0.0975. The largest absolute Gasteiger partial charge is 0.481 e. The van der Waals surface area contributed by atoms with Crippen molar-refractivity contribution in [3.63, 3.8) is 0 Å². The Morgan fingerprint density at radius 1 is 1.00 bits per heavy atom. The number of carboxylic acids is 2.